The van der Waals surface area contributed by atoms with E-state index in [0.29, 0.717) is 6.61 Å². The van der Waals surface area contributed by atoms with Crippen molar-refractivity contribution in [2.24, 2.45) is 5.73 Å². The van der Waals surface area contributed by atoms with Gasteiger partial charge in [-0.2, -0.15) is 0 Å². The number of esters is 1. The maximum atomic E-state index is 10.6. The molecule has 0 amide bonds. The Hall–Kier alpha value is -1.32. The van der Waals surface area contributed by atoms with Gasteiger partial charge in [0.1, 0.15) is 5.70 Å². The summed E-state index contributed by atoms with van der Waals surface area (Å²) in [7, 11) is 0. The maximum Gasteiger partial charge on any atom is 0.354 e. The van der Waals surface area contributed by atoms with E-state index in [2.05, 4.69) is 4.74 Å². The Morgan fingerprint density at radius 1 is 1.80 bits per heavy atom. The fourth-order valence-electron chi connectivity index (χ4n) is 0.372. The lowest BCUT2D eigenvalue weighted by Gasteiger charge is -1.98. The van der Waals surface area contributed by atoms with Gasteiger partial charge in [-0.3, -0.25) is 0 Å². The van der Waals surface area contributed by atoms with Gasteiger partial charge in [-0.1, -0.05) is 0 Å². The van der Waals surface area contributed by atoms with E-state index in [1.54, 1.807) is 6.92 Å². The first-order valence-electron chi connectivity index (χ1n) is 2.85. The standard InChI is InChI=1S/C6H10N2O2/c1-2-10-6(9)5(8)3-4-7/h3-4,7H,2,8H2,1H3/b5-3-,7-4?. The second-order valence-electron chi connectivity index (χ2n) is 1.51. The van der Waals surface area contributed by atoms with E-state index >= 15 is 0 Å². The average molecular weight is 142 g/mol. The summed E-state index contributed by atoms with van der Waals surface area (Å²) in [6.07, 6.45) is 2.12. The van der Waals surface area contributed by atoms with Crippen molar-refractivity contribution in [2.45, 2.75) is 6.92 Å². The van der Waals surface area contributed by atoms with E-state index < -0.39 is 5.97 Å². The molecule has 0 atom stereocenters. The molecule has 10 heavy (non-hydrogen) atoms. The summed E-state index contributed by atoms with van der Waals surface area (Å²) in [6, 6.07) is 0. The number of hydrogen-bond acceptors (Lipinski definition) is 4. The summed E-state index contributed by atoms with van der Waals surface area (Å²) < 4.78 is 4.52. The van der Waals surface area contributed by atoms with Crippen LogP contribution in [0.1, 0.15) is 6.92 Å². The summed E-state index contributed by atoms with van der Waals surface area (Å²) in [4.78, 5) is 10.6. The molecule has 0 saturated heterocycles. The average Bonchev–Trinajstić information content (AvgIpc) is 1.89. The highest BCUT2D eigenvalue weighted by Crippen LogP contribution is 1.86. The van der Waals surface area contributed by atoms with Crippen molar-refractivity contribution in [3.05, 3.63) is 11.8 Å². The van der Waals surface area contributed by atoms with Crippen molar-refractivity contribution in [2.75, 3.05) is 6.61 Å². The number of rotatable bonds is 3. The van der Waals surface area contributed by atoms with Crippen molar-refractivity contribution in [3.63, 3.8) is 0 Å². The molecule has 0 rings (SSSR count). The number of carbonyl (C=O) groups excluding carboxylic acids is 1. The Bertz CT molecular complexity index is 163. The molecule has 0 aromatic carbocycles. The first kappa shape index (κ1) is 8.68. The highest BCUT2D eigenvalue weighted by Gasteiger charge is 2.02. The monoisotopic (exact) mass is 142 g/mol. The second-order valence-corrected chi connectivity index (χ2v) is 1.51. The van der Waals surface area contributed by atoms with E-state index in [4.69, 9.17) is 11.1 Å². The minimum Gasteiger partial charge on any atom is -0.461 e. The predicted molar refractivity (Wildman–Crippen MR) is 37.7 cm³/mol. The highest BCUT2D eigenvalue weighted by molar-refractivity contribution is 5.91. The van der Waals surface area contributed by atoms with Crippen LogP contribution in [0.5, 0.6) is 0 Å². The lowest BCUT2D eigenvalue weighted by atomic mass is 10.4. The molecule has 56 valence electrons. The summed E-state index contributed by atoms with van der Waals surface area (Å²) in [5.41, 5.74) is 5.10. The molecule has 0 radical (unpaired) electrons. The number of hydrogen-bond donors (Lipinski definition) is 2. The second kappa shape index (κ2) is 4.55. The first-order chi connectivity index (χ1) is 4.72. The highest BCUT2D eigenvalue weighted by atomic mass is 16.5. The van der Waals surface area contributed by atoms with E-state index in [0.717, 1.165) is 6.21 Å². The molecule has 4 heteroatoms. The van der Waals surface area contributed by atoms with Gasteiger partial charge in [0.05, 0.1) is 6.61 Å². The van der Waals surface area contributed by atoms with Crippen LogP contribution < -0.4 is 5.73 Å². The lowest BCUT2D eigenvalue weighted by molar-refractivity contribution is -0.138. The number of nitrogens with one attached hydrogen (secondary N) is 1. The minimum atomic E-state index is -0.578. The molecule has 0 aliphatic rings. The first-order valence-corrected chi connectivity index (χ1v) is 2.85. The van der Waals surface area contributed by atoms with Crippen LogP contribution >= 0.6 is 0 Å². The molecule has 0 aliphatic carbocycles. The van der Waals surface area contributed by atoms with Crippen molar-refractivity contribution < 1.29 is 9.53 Å². The molecule has 0 spiro atoms. The van der Waals surface area contributed by atoms with E-state index in [9.17, 15) is 4.79 Å². The fraction of sp³-hybridized carbons (Fsp3) is 0.333. The van der Waals surface area contributed by atoms with Crippen LogP contribution in [0.4, 0.5) is 0 Å². The van der Waals surface area contributed by atoms with Crippen molar-refractivity contribution in [3.8, 4) is 0 Å². The van der Waals surface area contributed by atoms with Gasteiger partial charge < -0.3 is 15.9 Å². The Morgan fingerprint density at radius 2 is 2.40 bits per heavy atom. The molecule has 0 aromatic heterocycles. The molecule has 0 fully saturated rings. The van der Waals surface area contributed by atoms with Crippen LogP contribution in [-0.2, 0) is 9.53 Å². The Balaban J connectivity index is 3.93. The van der Waals surface area contributed by atoms with Gasteiger partial charge in [0.2, 0.25) is 0 Å². The van der Waals surface area contributed by atoms with Crippen LogP contribution in [0.2, 0.25) is 0 Å². The number of allylic oxidation sites excluding steroid dienone is 1. The molecule has 0 aromatic rings. The SMILES string of the molecule is CCOC(=O)/C(N)=C/C=N. The van der Waals surface area contributed by atoms with Crippen molar-refractivity contribution in [1.29, 1.82) is 5.41 Å². The topological polar surface area (TPSA) is 76.2 Å². The molecular formula is C6H10N2O2. The third kappa shape index (κ3) is 2.86. The fourth-order valence-corrected chi connectivity index (χ4v) is 0.372. The summed E-state index contributed by atoms with van der Waals surface area (Å²) in [5, 5.41) is 6.57. The molecule has 0 heterocycles. The van der Waals surface area contributed by atoms with Gasteiger partial charge in [0.15, 0.2) is 0 Å². The number of ether oxygens (including phenoxy) is 1. The minimum absolute atomic E-state index is 0.0446. The summed E-state index contributed by atoms with van der Waals surface area (Å²) in [5.74, 6) is -0.578. The van der Waals surface area contributed by atoms with E-state index in [-0.39, 0.29) is 5.70 Å². The normalized spacial score (nSPS) is 10.7. The summed E-state index contributed by atoms with van der Waals surface area (Å²) in [6.45, 7) is 1.99. The maximum absolute atomic E-state index is 10.6. The Labute approximate surface area is 59.2 Å². The van der Waals surface area contributed by atoms with Gasteiger partial charge in [-0.25, -0.2) is 4.79 Å². The zero-order chi connectivity index (χ0) is 7.98. The van der Waals surface area contributed by atoms with Crippen LogP contribution in [0.25, 0.3) is 0 Å². The van der Waals surface area contributed by atoms with E-state index in [1.165, 1.54) is 6.08 Å². The third-order valence-corrected chi connectivity index (χ3v) is 0.774. The molecule has 0 bridgehead atoms. The van der Waals surface area contributed by atoms with Crippen LogP contribution in [0.3, 0.4) is 0 Å². The largest absolute Gasteiger partial charge is 0.461 e. The van der Waals surface area contributed by atoms with Crippen LogP contribution in [0.15, 0.2) is 11.8 Å². The summed E-state index contributed by atoms with van der Waals surface area (Å²) >= 11 is 0. The van der Waals surface area contributed by atoms with Crippen molar-refractivity contribution in [1.82, 2.24) is 0 Å². The van der Waals surface area contributed by atoms with Crippen LogP contribution in [0, 0.1) is 5.41 Å². The predicted octanol–water partition coefficient (Wildman–Crippen LogP) is 0.0417. The van der Waals surface area contributed by atoms with Crippen LogP contribution in [-0.4, -0.2) is 18.8 Å². The van der Waals surface area contributed by atoms with Gasteiger partial charge in [-0.15, -0.1) is 0 Å². The number of carbonyl (C=O) groups is 1. The molecule has 3 N–H and O–H groups in total. The van der Waals surface area contributed by atoms with Gasteiger partial charge >= 0.3 is 5.97 Å². The van der Waals surface area contributed by atoms with E-state index in [1.807, 2.05) is 0 Å². The molecular weight excluding hydrogens is 132 g/mol. The molecule has 0 aliphatic heterocycles. The Kier molecular flexibility index (Phi) is 3.95. The van der Waals surface area contributed by atoms with Gasteiger partial charge in [0, 0.05) is 6.21 Å². The molecule has 0 unspecified atom stereocenters. The lowest BCUT2D eigenvalue weighted by Crippen LogP contribution is -2.14. The third-order valence-electron chi connectivity index (χ3n) is 0.774. The smallest absolute Gasteiger partial charge is 0.354 e. The molecule has 4 nitrogen and oxygen atoms in total. The zero-order valence-electron chi connectivity index (χ0n) is 5.76. The molecule has 0 saturated carbocycles. The van der Waals surface area contributed by atoms with Crippen molar-refractivity contribution >= 4 is 12.2 Å². The Morgan fingerprint density at radius 3 is 2.80 bits per heavy atom. The zero-order valence-corrected chi connectivity index (χ0v) is 5.76. The van der Waals surface area contributed by atoms with Gasteiger partial charge in [0.25, 0.3) is 0 Å². The number of nitrogens with two attached hydrogens (primary N) is 1. The quantitative estimate of drug-likeness (QED) is 0.332. The van der Waals surface area contributed by atoms with Gasteiger partial charge in [-0.05, 0) is 13.0 Å².